The summed E-state index contributed by atoms with van der Waals surface area (Å²) in [7, 11) is 3.25. The summed E-state index contributed by atoms with van der Waals surface area (Å²) in [5.41, 5.74) is 1.57. The highest BCUT2D eigenvalue weighted by Gasteiger charge is 2.09. The van der Waals surface area contributed by atoms with Crippen LogP contribution in [0, 0.1) is 0 Å². The van der Waals surface area contributed by atoms with E-state index in [0.29, 0.717) is 11.6 Å². The van der Waals surface area contributed by atoms with Crippen molar-refractivity contribution < 1.29 is 9.47 Å². The summed E-state index contributed by atoms with van der Waals surface area (Å²) in [4.78, 5) is 11.5. The van der Waals surface area contributed by atoms with Gasteiger partial charge in [-0.05, 0) is 18.2 Å². The van der Waals surface area contributed by atoms with Crippen molar-refractivity contribution in [3.05, 3.63) is 36.8 Å². The van der Waals surface area contributed by atoms with E-state index in [1.54, 1.807) is 14.2 Å². The molecule has 0 amide bonds. The first-order valence-electron chi connectivity index (χ1n) is 6.09. The molecule has 0 atom stereocenters. The zero-order valence-corrected chi connectivity index (χ0v) is 11.2. The molecule has 0 aliphatic heterocycles. The summed E-state index contributed by atoms with van der Waals surface area (Å²) < 4.78 is 10.6. The monoisotopic (exact) mass is 270 g/mol. The van der Waals surface area contributed by atoms with Crippen molar-refractivity contribution in [2.24, 2.45) is 0 Å². The van der Waals surface area contributed by atoms with Crippen molar-refractivity contribution in [2.75, 3.05) is 19.5 Å². The van der Waals surface area contributed by atoms with Crippen LogP contribution in [0.25, 0.3) is 11.0 Å². The third-order valence-electron chi connectivity index (χ3n) is 3.01. The molecule has 0 fully saturated rings. The Bertz CT molecular complexity index is 739. The predicted molar refractivity (Wildman–Crippen MR) is 76.7 cm³/mol. The molecule has 0 aliphatic rings. The molecule has 3 aromatic rings. The second-order valence-corrected chi connectivity index (χ2v) is 4.15. The molecule has 1 aromatic carbocycles. The maximum absolute atomic E-state index is 5.34. The summed E-state index contributed by atoms with van der Waals surface area (Å²) in [6.45, 7) is 0. The molecule has 2 heterocycles. The Balaban J connectivity index is 2.04. The fourth-order valence-corrected chi connectivity index (χ4v) is 2.01. The van der Waals surface area contributed by atoms with Gasteiger partial charge in [-0.1, -0.05) is 0 Å². The van der Waals surface area contributed by atoms with Crippen LogP contribution in [0.4, 0.5) is 11.5 Å². The second-order valence-electron chi connectivity index (χ2n) is 4.15. The van der Waals surface area contributed by atoms with Crippen molar-refractivity contribution in [3.63, 3.8) is 0 Å². The number of methoxy groups -OCH3 is 2. The minimum Gasteiger partial charge on any atom is -0.497 e. The normalized spacial score (nSPS) is 10.5. The van der Waals surface area contributed by atoms with Crippen LogP contribution >= 0.6 is 0 Å². The Labute approximate surface area is 115 Å². The molecule has 6 heteroatoms. The second kappa shape index (κ2) is 5.08. The van der Waals surface area contributed by atoms with Gasteiger partial charge in [0.1, 0.15) is 29.3 Å². The lowest BCUT2D eigenvalue weighted by Gasteiger charge is -2.12. The van der Waals surface area contributed by atoms with Gasteiger partial charge in [0.25, 0.3) is 0 Å². The van der Waals surface area contributed by atoms with Crippen molar-refractivity contribution in [1.82, 2.24) is 15.0 Å². The molecule has 102 valence electrons. The Morgan fingerprint density at radius 2 is 2.00 bits per heavy atom. The van der Waals surface area contributed by atoms with E-state index in [0.717, 1.165) is 22.5 Å². The van der Waals surface area contributed by atoms with Gasteiger partial charge < -0.3 is 19.8 Å². The number of nitrogens with one attached hydrogen (secondary N) is 2. The summed E-state index contributed by atoms with van der Waals surface area (Å²) in [5, 5.41) is 4.17. The van der Waals surface area contributed by atoms with Crippen LogP contribution in [-0.2, 0) is 0 Å². The van der Waals surface area contributed by atoms with E-state index in [9.17, 15) is 0 Å². The lowest BCUT2D eigenvalue weighted by atomic mass is 10.2. The summed E-state index contributed by atoms with van der Waals surface area (Å²) in [6, 6.07) is 7.47. The zero-order chi connectivity index (χ0) is 13.9. The van der Waals surface area contributed by atoms with Crippen LogP contribution < -0.4 is 14.8 Å². The van der Waals surface area contributed by atoms with Gasteiger partial charge in [-0.2, -0.15) is 0 Å². The Morgan fingerprint density at radius 1 is 1.10 bits per heavy atom. The van der Waals surface area contributed by atoms with Gasteiger partial charge >= 0.3 is 0 Å². The molecule has 0 saturated carbocycles. The highest BCUT2D eigenvalue weighted by atomic mass is 16.5. The van der Waals surface area contributed by atoms with Crippen LogP contribution in [0.5, 0.6) is 11.5 Å². The number of aromatic nitrogens is 3. The van der Waals surface area contributed by atoms with Crippen molar-refractivity contribution in [1.29, 1.82) is 0 Å². The molecule has 0 unspecified atom stereocenters. The summed E-state index contributed by atoms with van der Waals surface area (Å²) >= 11 is 0. The molecule has 0 aliphatic carbocycles. The van der Waals surface area contributed by atoms with E-state index >= 15 is 0 Å². The number of ether oxygens (including phenoxy) is 2. The number of rotatable bonds is 4. The lowest BCUT2D eigenvalue weighted by Crippen LogP contribution is -1.98. The van der Waals surface area contributed by atoms with Crippen molar-refractivity contribution in [2.45, 2.75) is 0 Å². The first-order chi connectivity index (χ1) is 9.81. The molecule has 0 spiro atoms. The van der Waals surface area contributed by atoms with Gasteiger partial charge in [0.05, 0.1) is 25.3 Å². The van der Waals surface area contributed by atoms with E-state index in [2.05, 4.69) is 20.3 Å². The maximum atomic E-state index is 5.34. The third-order valence-corrected chi connectivity index (χ3v) is 3.01. The van der Waals surface area contributed by atoms with Crippen molar-refractivity contribution in [3.8, 4) is 11.5 Å². The van der Waals surface area contributed by atoms with Crippen LogP contribution in [-0.4, -0.2) is 29.2 Å². The molecule has 0 bridgehead atoms. The van der Waals surface area contributed by atoms with E-state index in [4.69, 9.17) is 9.47 Å². The van der Waals surface area contributed by atoms with E-state index in [1.807, 2.05) is 30.5 Å². The number of benzene rings is 1. The number of H-pyrrole nitrogens is 1. The number of hydrogen-bond donors (Lipinski definition) is 2. The molecule has 2 N–H and O–H groups in total. The maximum Gasteiger partial charge on any atom is 0.143 e. The number of nitrogens with zero attached hydrogens (tertiary/aromatic N) is 2. The standard InChI is InChI=1S/C14H14N4O2/c1-19-9-3-4-12(20-2)11(7-9)18-14-10-5-6-15-13(10)16-8-17-14/h3-8H,1-2H3,(H2,15,16,17,18). The largest absolute Gasteiger partial charge is 0.497 e. The average molecular weight is 270 g/mol. The lowest BCUT2D eigenvalue weighted by molar-refractivity contribution is 0.405. The Hall–Kier alpha value is -2.76. The van der Waals surface area contributed by atoms with Crippen LogP contribution in [0.3, 0.4) is 0 Å². The van der Waals surface area contributed by atoms with Crippen LogP contribution in [0.2, 0.25) is 0 Å². The SMILES string of the molecule is COc1ccc(OC)c(Nc2ncnc3[nH]ccc23)c1. The molecule has 0 radical (unpaired) electrons. The van der Waals surface area contributed by atoms with Crippen LogP contribution in [0.1, 0.15) is 0 Å². The van der Waals surface area contributed by atoms with Gasteiger partial charge in [-0.3, -0.25) is 0 Å². The Kier molecular flexibility index (Phi) is 3.12. The van der Waals surface area contributed by atoms with Gasteiger partial charge in [0.15, 0.2) is 0 Å². The summed E-state index contributed by atoms with van der Waals surface area (Å²) in [6.07, 6.45) is 3.33. The first kappa shape index (κ1) is 12.3. The number of hydrogen-bond acceptors (Lipinski definition) is 5. The number of aromatic amines is 1. The van der Waals surface area contributed by atoms with E-state index in [1.165, 1.54) is 6.33 Å². The quantitative estimate of drug-likeness (QED) is 0.762. The molecule has 20 heavy (non-hydrogen) atoms. The first-order valence-corrected chi connectivity index (χ1v) is 6.09. The fourth-order valence-electron chi connectivity index (χ4n) is 2.01. The number of fused-ring (bicyclic) bond motifs is 1. The molecular formula is C14H14N4O2. The Morgan fingerprint density at radius 3 is 2.80 bits per heavy atom. The minimum atomic E-state index is 0.711. The minimum absolute atomic E-state index is 0.711. The van der Waals surface area contributed by atoms with Gasteiger partial charge in [0, 0.05) is 12.3 Å². The smallest absolute Gasteiger partial charge is 0.143 e. The molecular weight excluding hydrogens is 256 g/mol. The topological polar surface area (TPSA) is 72.1 Å². The molecule has 3 rings (SSSR count). The van der Waals surface area contributed by atoms with Crippen LogP contribution in [0.15, 0.2) is 36.8 Å². The predicted octanol–water partition coefficient (Wildman–Crippen LogP) is 2.72. The highest BCUT2D eigenvalue weighted by molar-refractivity contribution is 5.89. The van der Waals surface area contributed by atoms with E-state index in [-0.39, 0.29) is 0 Å². The van der Waals surface area contributed by atoms with Gasteiger partial charge in [-0.25, -0.2) is 9.97 Å². The zero-order valence-electron chi connectivity index (χ0n) is 11.2. The fraction of sp³-hybridized carbons (Fsp3) is 0.143. The number of anilines is 2. The van der Waals surface area contributed by atoms with E-state index < -0.39 is 0 Å². The van der Waals surface area contributed by atoms with Gasteiger partial charge in [0.2, 0.25) is 0 Å². The molecule has 2 aromatic heterocycles. The third kappa shape index (κ3) is 2.11. The average Bonchev–Trinajstić information content (AvgIpc) is 2.96. The van der Waals surface area contributed by atoms with Gasteiger partial charge in [-0.15, -0.1) is 0 Å². The summed E-state index contributed by atoms with van der Waals surface area (Å²) in [5.74, 6) is 2.17. The van der Waals surface area contributed by atoms with Crippen molar-refractivity contribution >= 4 is 22.5 Å². The molecule has 6 nitrogen and oxygen atoms in total. The highest BCUT2D eigenvalue weighted by Crippen LogP contribution is 2.32. The molecule has 0 saturated heterocycles.